The maximum atomic E-state index is 12.9. The van der Waals surface area contributed by atoms with Crippen LogP contribution in [0.3, 0.4) is 0 Å². The van der Waals surface area contributed by atoms with Gasteiger partial charge in [-0.3, -0.25) is 0 Å². The topological polar surface area (TPSA) is 185 Å². The summed E-state index contributed by atoms with van der Waals surface area (Å²) in [6.07, 6.45) is -7.17. The highest BCUT2D eigenvalue weighted by Gasteiger charge is 2.53. The number of aliphatic hydroxyl groups is 5. The van der Waals surface area contributed by atoms with Crippen molar-refractivity contribution >= 4 is 12.0 Å². The van der Waals surface area contributed by atoms with Crippen LogP contribution in [0.2, 0.25) is 0 Å². The summed E-state index contributed by atoms with van der Waals surface area (Å²) in [6.45, 7) is 10.3. The van der Waals surface area contributed by atoms with E-state index < -0.39 is 79.6 Å². The SMILES string of the molecule is C=CC(C)(CCC=C(C)C)OC1OC(CO)C(OC(=O)C=Cc2ccc(O)cc2)C(OC2OC(C)C(O)C(O)C2O)C1O. The predicted octanol–water partition coefficient (Wildman–Crippen LogP) is 1.32. The van der Waals surface area contributed by atoms with Crippen LogP contribution >= 0.6 is 0 Å². The fourth-order valence-corrected chi connectivity index (χ4v) is 4.76. The van der Waals surface area contributed by atoms with Crippen LogP contribution in [-0.2, 0) is 28.5 Å². The molecule has 0 bridgehead atoms. The lowest BCUT2D eigenvalue weighted by Gasteiger charge is -2.47. The first-order valence-electron chi connectivity index (χ1n) is 14.2. The number of rotatable bonds is 12. The second kappa shape index (κ2) is 15.4. The lowest BCUT2D eigenvalue weighted by Crippen LogP contribution is -2.65. The van der Waals surface area contributed by atoms with Crippen molar-refractivity contribution in [3.8, 4) is 5.75 Å². The van der Waals surface area contributed by atoms with Gasteiger partial charge >= 0.3 is 5.97 Å². The number of hydrogen-bond acceptors (Lipinski definition) is 12. The van der Waals surface area contributed by atoms with Crippen molar-refractivity contribution in [2.45, 2.75) is 108 Å². The molecule has 11 unspecified atom stereocenters. The van der Waals surface area contributed by atoms with Gasteiger partial charge in [0.1, 0.15) is 42.4 Å². The van der Waals surface area contributed by atoms with Crippen LogP contribution in [0.1, 0.15) is 46.1 Å². The first-order valence-corrected chi connectivity index (χ1v) is 14.2. The molecule has 0 spiro atoms. The maximum Gasteiger partial charge on any atom is 0.331 e. The van der Waals surface area contributed by atoms with Gasteiger partial charge in [-0.2, -0.15) is 0 Å². The second-order valence-electron chi connectivity index (χ2n) is 11.3. The summed E-state index contributed by atoms with van der Waals surface area (Å²) >= 11 is 0. The van der Waals surface area contributed by atoms with Gasteiger partial charge in [-0.1, -0.05) is 29.9 Å². The predicted molar refractivity (Wildman–Crippen MR) is 154 cm³/mol. The maximum absolute atomic E-state index is 12.9. The van der Waals surface area contributed by atoms with Gasteiger partial charge in [-0.25, -0.2) is 4.79 Å². The molecule has 1 aromatic carbocycles. The van der Waals surface area contributed by atoms with E-state index in [1.807, 2.05) is 19.9 Å². The Kier molecular flexibility index (Phi) is 12.5. The number of carbonyl (C=O) groups is 1. The Balaban J connectivity index is 1.88. The largest absolute Gasteiger partial charge is 0.508 e. The third kappa shape index (κ3) is 9.17. The minimum absolute atomic E-state index is 0.0548. The van der Waals surface area contributed by atoms with Crippen molar-refractivity contribution in [2.24, 2.45) is 0 Å². The van der Waals surface area contributed by atoms with Gasteiger partial charge in [0, 0.05) is 6.08 Å². The van der Waals surface area contributed by atoms with E-state index >= 15 is 0 Å². The number of carbonyl (C=O) groups excluding carboxylic acids is 1. The molecule has 0 saturated carbocycles. The van der Waals surface area contributed by atoms with E-state index in [2.05, 4.69) is 6.58 Å². The van der Waals surface area contributed by atoms with Crippen molar-refractivity contribution in [3.63, 3.8) is 0 Å². The van der Waals surface area contributed by atoms with Crippen LogP contribution in [0, 0.1) is 0 Å². The van der Waals surface area contributed by atoms with E-state index in [4.69, 9.17) is 23.7 Å². The number of esters is 1. The van der Waals surface area contributed by atoms with Gasteiger partial charge in [0.25, 0.3) is 0 Å². The van der Waals surface area contributed by atoms with Gasteiger partial charge in [0.15, 0.2) is 18.7 Å². The number of allylic oxidation sites excluding steroid dienone is 2. The van der Waals surface area contributed by atoms with Crippen LogP contribution in [0.5, 0.6) is 5.75 Å². The highest BCUT2D eigenvalue weighted by molar-refractivity contribution is 5.87. The molecule has 0 aliphatic carbocycles. The number of hydrogen-bond donors (Lipinski definition) is 6. The zero-order valence-corrected chi connectivity index (χ0v) is 24.9. The van der Waals surface area contributed by atoms with Crippen LogP contribution in [0.25, 0.3) is 6.08 Å². The van der Waals surface area contributed by atoms with Crippen molar-refractivity contribution in [3.05, 3.63) is 60.2 Å². The Morgan fingerprint density at radius 3 is 2.28 bits per heavy atom. The molecule has 3 rings (SSSR count). The molecule has 2 aliphatic heterocycles. The van der Waals surface area contributed by atoms with E-state index in [0.717, 1.165) is 11.6 Å². The second-order valence-corrected chi connectivity index (χ2v) is 11.3. The standard InChI is InChI=1S/C31H44O12/c1-6-31(5,15-7-8-17(2)3)43-30-26(38)28(42-29-25(37)24(36)23(35)18(4)39-29)27(21(16-32)40-30)41-22(34)14-11-19-9-12-20(33)13-10-19/h6,8-14,18,21,23-30,32-33,35-38H,1,7,15-16H2,2-5H3. The molecule has 12 heteroatoms. The lowest BCUT2D eigenvalue weighted by atomic mass is 9.95. The number of phenolic OH excluding ortho intramolecular Hbond substituents is 1. The molecule has 6 N–H and O–H groups in total. The van der Waals surface area contributed by atoms with Crippen molar-refractivity contribution in [2.75, 3.05) is 6.61 Å². The molecule has 2 heterocycles. The van der Waals surface area contributed by atoms with Crippen molar-refractivity contribution in [1.82, 2.24) is 0 Å². The molecular weight excluding hydrogens is 564 g/mol. The van der Waals surface area contributed by atoms with Gasteiger partial charge < -0.3 is 54.3 Å². The molecular formula is C31H44O12. The summed E-state index contributed by atoms with van der Waals surface area (Å²) in [5.41, 5.74) is 0.728. The minimum atomic E-state index is -1.72. The first-order chi connectivity index (χ1) is 20.3. The number of benzene rings is 1. The van der Waals surface area contributed by atoms with Gasteiger partial charge in [-0.15, -0.1) is 6.58 Å². The summed E-state index contributed by atoms with van der Waals surface area (Å²) in [6, 6.07) is 6.04. The third-order valence-corrected chi connectivity index (χ3v) is 7.46. The fourth-order valence-electron chi connectivity index (χ4n) is 4.76. The van der Waals surface area contributed by atoms with E-state index in [-0.39, 0.29) is 5.75 Å². The Morgan fingerprint density at radius 2 is 1.67 bits per heavy atom. The number of phenols is 1. The van der Waals surface area contributed by atoms with Crippen molar-refractivity contribution < 1.29 is 59.1 Å². The molecule has 2 fully saturated rings. The quantitative estimate of drug-likeness (QED) is 0.114. The van der Waals surface area contributed by atoms with E-state index in [1.165, 1.54) is 25.1 Å². The normalized spacial score (nSPS) is 34.3. The zero-order valence-electron chi connectivity index (χ0n) is 24.9. The molecule has 11 atom stereocenters. The summed E-state index contributed by atoms with van der Waals surface area (Å²) in [5.74, 6) is -0.814. The number of ether oxygens (including phenoxy) is 5. The van der Waals surface area contributed by atoms with Gasteiger partial charge in [0.05, 0.1) is 18.3 Å². The van der Waals surface area contributed by atoms with Crippen LogP contribution < -0.4 is 0 Å². The molecule has 0 aromatic heterocycles. The number of aromatic hydroxyl groups is 1. The first kappa shape index (κ1) is 34.8. The summed E-state index contributed by atoms with van der Waals surface area (Å²) in [5, 5.41) is 62.1. The number of aliphatic hydroxyl groups excluding tert-OH is 5. The van der Waals surface area contributed by atoms with E-state index in [1.54, 1.807) is 25.1 Å². The van der Waals surface area contributed by atoms with E-state index in [0.29, 0.717) is 18.4 Å². The monoisotopic (exact) mass is 608 g/mol. The minimum Gasteiger partial charge on any atom is -0.508 e. The van der Waals surface area contributed by atoms with E-state index in [9.17, 15) is 35.4 Å². The molecule has 43 heavy (non-hydrogen) atoms. The summed E-state index contributed by atoms with van der Waals surface area (Å²) in [7, 11) is 0. The summed E-state index contributed by atoms with van der Waals surface area (Å²) < 4.78 is 29.1. The van der Waals surface area contributed by atoms with Crippen molar-refractivity contribution in [1.29, 1.82) is 0 Å². The third-order valence-electron chi connectivity index (χ3n) is 7.46. The molecule has 0 amide bonds. The molecule has 2 saturated heterocycles. The Bertz CT molecular complexity index is 1120. The highest BCUT2D eigenvalue weighted by Crippen LogP contribution is 2.34. The average molecular weight is 609 g/mol. The average Bonchev–Trinajstić information content (AvgIpc) is 2.97. The van der Waals surface area contributed by atoms with Gasteiger partial charge in [0.2, 0.25) is 0 Å². The van der Waals surface area contributed by atoms with Crippen LogP contribution in [0.4, 0.5) is 0 Å². The zero-order chi connectivity index (χ0) is 31.9. The smallest absolute Gasteiger partial charge is 0.331 e. The molecule has 1 aromatic rings. The Labute approximate surface area is 251 Å². The lowest BCUT2D eigenvalue weighted by molar-refractivity contribution is -0.364. The molecule has 240 valence electrons. The molecule has 12 nitrogen and oxygen atoms in total. The van der Waals surface area contributed by atoms with Gasteiger partial charge in [-0.05, 0) is 64.3 Å². The fraction of sp³-hybridized carbons (Fsp3) is 0.581. The van der Waals surface area contributed by atoms with Crippen LogP contribution in [0.15, 0.2) is 54.6 Å². The Hall–Kier alpha value is -2.65. The molecule has 2 aliphatic rings. The Morgan fingerprint density at radius 1 is 1.00 bits per heavy atom. The highest BCUT2D eigenvalue weighted by atomic mass is 16.7. The van der Waals surface area contributed by atoms with Crippen LogP contribution in [-0.4, -0.2) is 110 Å². The molecule has 0 radical (unpaired) electrons. The summed E-state index contributed by atoms with van der Waals surface area (Å²) in [4.78, 5) is 12.9.